The summed E-state index contributed by atoms with van der Waals surface area (Å²) in [5, 5.41) is 0.617. The van der Waals surface area contributed by atoms with Crippen molar-refractivity contribution in [2.45, 2.75) is 16.7 Å². The molecule has 3 aromatic rings. The van der Waals surface area contributed by atoms with E-state index in [1.165, 1.54) is 18.3 Å². The third-order valence-corrected chi connectivity index (χ3v) is 6.49. The van der Waals surface area contributed by atoms with Crippen molar-refractivity contribution in [1.82, 2.24) is 4.98 Å². The first kappa shape index (κ1) is 17.9. The van der Waals surface area contributed by atoms with Gasteiger partial charge in [0.05, 0.1) is 29.3 Å². The van der Waals surface area contributed by atoms with Crippen LogP contribution in [-0.4, -0.2) is 39.7 Å². The summed E-state index contributed by atoms with van der Waals surface area (Å²) >= 11 is 0. The molecule has 0 aliphatic carbocycles. The molecule has 1 aliphatic heterocycles. The number of rotatable bonds is 3. The summed E-state index contributed by atoms with van der Waals surface area (Å²) in [6.45, 7) is 4.05. The first-order valence-electron chi connectivity index (χ1n) is 8.69. The smallest absolute Gasteiger partial charge is 0.210 e. The standard InChI is InChI=1S/C20H19FN2O3S/c1-14-2-5-16(6-3-14)27(24,25)19-13-22-18-12-15(21)4-7-17(18)20(19)23-8-10-26-11-9-23/h2-7,12-13H,8-11H2,1H3. The van der Waals surface area contributed by atoms with Crippen molar-refractivity contribution in [2.75, 3.05) is 31.2 Å². The lowest BCUT2D eigenvalue weighted by Crippen LogP contribution is -2.37. The number of halogens is 1. The zero-order chi connectivity index (χ0) is 19.0. The SMILES string of the molecule is Cc1ccc(S(=O)(=O)c2cnc3cc(F)ccc3c2N2CCOCC2)cc1. The Balaban J connectivity index is 1.96. The third-order valence-electron chi connectivity index (χ3n) is 4.72. The molecule has 0 radical (unpaired) electrons. The highest BCUT2D eigenvalue weighted by molar-refractivity contribution is 7.91. The number of anilines is 1. The number of morpholine rings is 1. The fourth-order valence-electron chi connectivity index (χ4n) is 3.29. The molecule has 0 amide bonds. The highest BCUT2D eigenvalue weighted by atomic mass is 32.2. The number of ether oxygens (including phenoxy) is 1. The molecule has 0 spiro atoms. The predicted octanol–water partition coefficient (Wildman–Crippen LogP) is 3.35. The molecular formula is C20H19FN2O3S. The number of fused-ring (bicyclic) bond motifs is 1. The van der Waals surface area contributed by atoms with Crippen molar-refractivity contribution < 1.29 is 17.5 Å². The minimum absolute atomic E-state index is 0.132. The molecule has 1 aromatic heterocycles. The van der Waals surface area contributed by atoms with Gasteiger partial charge in [0, 0.05) is 30.7 Å². The average Bonchev–Trinajstić information content (AvgIpc) is 2.68. The lowest BCUT2D eigenvalue weighted by Gasteiger charge is -2.31. The number of pyridine rings is 1. The van der Waals surface area contributed by atoms with Gasteiger partial charge in [-0.1, -0.05) is 17.7 Å². The van der Waals surface area contributed by atoms with Gasteiger partial charge in [-0.3, -0.25) is 4.98 Å². The summed E-state index contributed by atoms with van der Waals surface area (Å²) in [6.07, 6.45) is 1.34. The van der Waals surface area contributed by atoms with E-state index in [2.05, 4.69) is 4.98 Å². The number of sulfone groups is 1. The van der Waals surface area contributed by atoms with Gasteiger partial charge in [-0.15, -0.1) is 0 Å². The number of aromatic nitrogens is 1. The summed E-state index contributed by atoms with van der Waals surface area (Å²) in [5.74, 6) is -0.405. The van der Waals surface area contributed by atoms with Crippen LogP contribution >= 0.6 is 0 Å². The molecule has 1 fully saturated rings. The first-order chi connectivity index (χ1) is 13.0. The molecule has 0 bridgehead atoms. The van der Waals surface area contributed by atoms with E-state index in [0.717, 1.165) is 5.56 Å². The molecule has 0 N–H and O–H groups in total. The van der Waals surface area contributed by atoms with Crippen molar-refractivity contribution in [1.29, 1.82) is 0 Å². The summed E-state index contributed by atoms with van der Waals surface area (Å²) in [7, 11) is -3.78. The Hall–Kier alpha value is -2.51. The van der Waals surface area contributed by atoms with Gasteiger partial charge < -0.3 is 9.64 Å². The maximum absolute atomic E-state index is 13.7. The summed E-state index contributed by atoms with van der Waals surface area (Å²) in [5.41, 5.74) is 1.97. The minimum atomic E-state index is -3.78. The third kappa shape index (κ3) is 3.28. The molecule has 0 unspecified atom stereocenters. The molecule has 27 heavy (non-hydrogen) atoms. The quantitative estimate of drug-likeness (QED) is 0.691. The molecule has 0 atom stereocenters. The highest BCUT2D eigenvalue weighted by Gasteiger charge is 2.27. The summed E-state index contributed by atoms with van der Waals surface area (Å²) < 4.78 is 45.8. The van der Waals surface area contributed by atoms with Crippen LogP contribution in [0, 0.1) is 12.7 Å². The fourth-order valence-corrected chi connectivity index (χ4v) is 4.72. The van der Waals surface area contributed by atoms with Gasteiger partial charge in [-0.25, -0.2) is 12.8 Å². The van der Waals surface area contributed by atoms with Crippen LogP contribution in [0.15, 0.2) is 58.5 Å². The van der Waals surface area contributed by atoms with Crippen molar-refractivity contribution in [3.63, 3.8) is 0 Å². The minimum Gasteiger partial charge on any atom is -0.378 e. The van der Waals surface area contributed by atoms with Crippen molar-refractivity contribution in [2.24, 2.45) is 0 Å². The molecule has 5 nitrogen and oxygen atoms in total. The normalized spacial score (nSPS) is 15.3. The van der Waals surface area contributed by atoms with E-state index in [1.54, 1.807) is 30.3 Å². The van der Waals surface area contributed by atoms with Crippen LogP contribution in [0.3, 0.4) is 0 Å². The molecular weight excluding hydrogens is 367 g/mol. The van der Waals surface area contributed by atoms with Gasteiger partial charge in [-0.2, -0.15) is 0 Å². The Labute approximate surface area is 157 Å². The van der Waals surface area contributed by atoms with Crippen LogP contribution < -0.4 is 4.90 Å². The number of hydrogen-bond donors (Lipinski definition) is 0. The monoisotopic (exact) mass is 386 g/mol. The van der Waals surface area contributed by atoms with E-state index >= 15 is 0 Å². The van der Waals surface area contributed by atoms with E-state index in [0.29, 0.717) is 42.9 Å². The molecule has 1 saturated heterocycles. The van der Waals surface area contributed by atoms with E-state index < -0.39 is 15.7 Å². The number of nitrogens with zero attached hydrogens (tertiary/aromatic N) is 2. The maximum atomic E-state index is 13.7. The van der Waals surface area contributed by atoms with E-state index in [4.69, 9.17) is 4.74 Å². The number of aryl methyl sites for hydroxylation is 1. The van der Waals surface area contributed by atoms with Gasteiger partial charge in [-0.05, 0) is 31.2 Å². The lowest BCUT2D eigenvalue weighted by atomic mass is 10.1. The van der Waals surface area contributed by atoms with Gasteiger partial charge in [0.15, 0.2) is 0 Å². The fraction of sp³-hybridized carbons (Fsp3) is 0.250. The zero-order valence-electron chi connectivity index (χ0n) is 14.9. The molecule has 140 valence electrons. The molecule has 2 aromatic carbocycles. The number of benzene rings is 2. The molecule has 2 heterocycles. The van der Waals surface area contributed by atoms with Crippen LogP contribution in [0.4, 0.5) is 10.1 Å². The summed E-state index contributed by atoms with van der Waals surface area (Å²) in [6, 6.07) is 11.0. The van der Waals surface area contributed by atoms with Gasteiger partial charge >= 0.3 is 0 Å². The van der Waals surface area contributed by atoms with Gasteiger partial charge in [0.2, 0.25) is 9.84 Å². The van der Waals surface area contributed by atoms with Crippen LogP contribution in [0.2, 0.25) is 0 Å². The predicted molar refractivity (Wildman–Crippen MR) is 101 cm³/mol. The second-order valence-corrected chi connectivity index (χ2v) is 8.47. The van der Waals surface area contributed by atoms with E-state index in [1.807, 2.05) is 11.8 Å². The van der Waals surface area contributed by atoms with Crippen LogP contribution in [0.25, 0.3) is 10.9 Å². The molecule has 7 heteroatoms. The Bertz CT molecular complexity index is 1090. The van der Waals surface area contributed by atoms with Crippen LogP contribution in [-0.2, 0) is 14.6 Å². The van der Waals surface area contributed by atoms with Crippen molar-refractivity contribution >= 4 is 26.4 Å². The summed E-state index contributed by atoms with van der Waals surface area (Å²) in [4.78, 5) is 6.55. The number of hydrogen-bond acceptors (Lipinski definition) is 5. The van der Waals surface area contributed by atoms with Crippen molar-refractivity contribution in [3.05, 3.63) is 60.0 Å². The Morgan fingerprint density at radius 1 is 1.07 bits per heavy atom. The Morgan fingerprint density at radius 3 is 2.48 bits per heavy atom. The van der Waals surface area contributed by atoms with Gasteiger partial charge in [0.25, 0.3) is 0 Å². The Kier molecular flexibility index (Phi) is 4.57. The second-order valence-electron chi connectivity index (χ2n) is 6.55. The maximum Gasteiger partial charge on any atom is 0.210 e. The molecule has 0 saturated carbocycles. The van der Waals surface area contributed by atoms with Gasteiger partial charge in [0.1, 0.15) is 10.7 Å². The highest BCUT2D eigenvalue weighted by Crippen LogP contribution is 2.36. The molecule has 1 aliphatic rings. The Morgan fingerprint density at radius 2 is 1.78 bits per heavy atom. The molecule has 4 rings (SSSR count). The first-order valence-corrected chi connectivity index (χ1v) is 10.2. The topological polar surface area (TPSA) is 59.5 Å². The zero-order valence-corrected chi connectivity index (χ0v) is 15.7. The van der Waals surface area contributed by atoms with E-state index in [-0.39, 0.29) is 9.79 Å². The van der Waals surface area contributed by atoms with Crippen molar-refractivity contribution in [3.8, 4) is 0 Å². The second kappa shape index (κ2) is 6.90. The lowest BCUT2D eigenvalue weighted by molar-refractivity contribution is 0.122. The van der Waals surface area contributed by atoms with E-state index in [9.17, 15) is 12.8 Å². The largest absolute Gasteiger partial charge is 0.378 e. The average molecular weight is 386 g/mol. The van der Waals surface area contributed by atoms with Crippen LogP contribution in [0.1, 0.15) is 5.56 Å². The van der Waals surface area contributed by atoms with Crippen LogP contribution in [0.5, 0.6) is 0 Å².